The van der Waals surface area contributed by atoms with Crippen LogP contribution in [-0.2, 0) is 23.9 Å². The van der Waals surface area contributed by atoms with Crippen molar-refractivity contribution in [3.8, 4) is 0 Å². The topological polar surface area (TPSA) is 97.3 Å². The number of carbonyl (C=O) groups excluding carboxylic acids is 3. The summed E-state index contributed by atoms with van der Waals surface area (Å²) >= 11 is 0. The Morgan fingerprint density at radius 3 is 2.50 bits per heavy atom. The first-order chi connectivity index (χ1) is 14.6. The van der Waals surface area contributed by atoms with Crippen LogP contribution in [0.3, 0.4) is 0 Å². The molecule has 2 aromatic carbocycles. The monoisotopic (exact) mass is 405 g/mol. The molecule has 0 bridgehead atoms. The molecule has 0 atom stereocenters. The molecular weight excluding hydrogens is 386 g/mol. The summed E-state index contributed by atoms with van der Waals surface area (Å²) in [5.41, 5.74) is 2.16. The normalized spacial score (nSPS) is 15.7. The zero-order valence-electron chi connectivity index (χ0n) is 16.0. The van der Waals surface area contributed by atoms with E-state index in [2.05, 4.69) is 10.4 Å². The number of esters is 1. The van der Waals surface area contributed by atoms with Gasteiger partial charge < -0.3 is 14.8 Å². The summed E-state index contributed by atoms with van der Waals surface area (Å²) in [6.07, 6.45) is 0.617. The van der Waals surface area contributed by atoms with Gasteiger partial charge in [-0.1, -0.05) is 48.5 Å². The summed E-state index contributed by atoms with van der Waals surface area (Å²) < 4.78 is 10.4. The fourth-order valence-electron chi connectivity index (χ4n) is 3.11. The Hall–Kier alpha value is -3.94. The number of ketones is 1. The number of para-hydroxylation sites is 1. The van der Waals surface area contributed by atoms with Gasteiger partial charge in [0.25, 0.3) is 5.91 Å². The van der Waals surface area contributed by atoms with Gasteiger partial charge >= 0.3 is 5.97 Å². The molecule has 0 saturated heterocycles. The molecule has 152 valence electrons. The number of ether oxygens (including phenoxy) is 2. The minimum Gasteiger partial charge on any atom is -0.470 e. The van der Waals surface area contributed by atoms with E-state index in [0.717, 1.165) is 11.3 Å². The molecule has 2 heterocycles. The van der Waals surface area contributed by atoms with Crippen LogP contribution in [0.25, 0.3) is 0 Å². The molecule has 0 aliphatic carbocycles. The minimum atomic E-state index is -0.907. The predicted molar refractivity (Wildman–Crippen MR) is 108 cm³/mol. The van der Waals surface area contributed by atoms with Crippen molar-refractivity contribution in [1.29, 1.82) is 0 Å². The van der Waals surface area contributed by atoms with Crippen LogP contribution in [0.1, 0.15) is 12.0 Å². The smallest absolute Gasteiger partial charge is 0.347 e. The molecule has 2 aliphatic heterocycles. The molecule has 4 rings (SSSR count). The molecule has 0 radical (unpaired) electrons. The first-order valence-corrected chi connectivity index (χ1v) is 9.44. The van der Waals surface area contributed by atoms with E-state index in [1.54, 1.807) is 24.3 Å². The summed E-state index contributed by atoms with van der Waals surface area (Å²) in [5.74, 6) is -1.85. The molecule has 2 aromatic rings. The van der Waals surface area contributed by atoms with Gasteiger partial charge in [0.15, 0.2) is 18.8 Å². The fraction of sp³-hybridized carbons (Fsp3) is 0.182. The number of benzene rings is 2. The van der Waals surface area contributed by atoms with Gasteiger partial charge in [0.05, 0.1) is 12.3 Å². The predicted octanol–water partition coefficient (Wildman–Crippen LogP) is 2.09. The van der Waals surface area contributed by atoms with Gasteiger partial charge in [-0.15, -0.1) is 0 Å². The molecule has 2 aliphatic rings. The number of amides is 1. The third kappa shape index (κ3) is 4.22. The Balaban J connectivity index is 1.39. The van der Waals surface area contributed by atoms with E-state index in [-0.39, 0.29) is 18.1 Å². The fourth-order valence-corrected chi connectivity index (χ4v) is 3.11. The lowest BCUT2D eigenvalue weighted by molar-refractivity contribution is -0.149. The average Bonchev–Trinajstić information content (AvgIpc) is 3.41. The SMILES string of the molecule is O=C1COC(Nc2ccccc2)=C1C(=O)OCC(=O)N1CCC(c2ccccc2)=N1. The molecule has 1 amide bonds. The molecule has 8 nitrogen and oxygen atoms in total. The number of anilines is 1. The largest absolute Gasteiger partial charge is 0.470 e. The number of hydrogen-bond acceptors (Lipinski definition) is 7. The summed E-state index contributed by atoms with van der Waals surface area (Å²) in [4.78, 5) is 36.9. The Labute approximate surface area is 172 Å². The number of hydrogen-bond donors (Lipinski definition) is 1. The van der Waals surface area contributed by atoms with Gasteiger partial charge in [0.2, 0.25) is 11.7 Å². The van der Waals surface area contributed by atoms with Gasteiger partial charge in [-0.25, -0.2) is 9.80 Å². The number of rotatable bonds is 6. The van der Waals surface area contributed by atoms with E-state index in [1.807, 2.05) is 36.4 Å². The number of carbonyl (C=O) groups is 3. The van der Waals surface area contributed by atoms with Crippen molar-refractivity contribution in [2.24, 2.45) is 5.10 Å². The molecular formula is C22H19N3O5. The number of hydrazone groups is 1. The van der Waals surface area contributed by atoms with Crippen LogP contribution in [0.4, 0.5) is 5.69 Å². The molecule has 0 unspecified atom stereocenters. The van der Waals surface area contributed by atoms with Crippen molar-refractivity contribution in [3.05, 3.63) is 77.7 Å². The van der Waals surface area contributed by atoms with E-state index in [0.29, 0.717) is 18.7 Å². The van der Waals surface area contributed by atoms with E-state index in [4.69, 9.17) is 9.47 Å². The zero-order chi connectivity index (χ0) is 20.9. The lowest BCUT2D eigenvalue weighted by Gasteiger charge is -2.12. The van der Waals surface area contributed by atoms with Crippen LogP contribution in [0, 0.1) is 0 Å². The highest BCUT2D eigenvalue weighted by Crippen LogP contribution is 2.21. The number of nitrogens with one attached hydrogen (secondary N) is 1. The molecule has 30 heavy (non-hydrogen) atoms. The summed E-state index contributed by atoms with van der Waals surface area (Å²) in [7, 11) is 0. The maximum atomic E-state index is 12.4. The van der Waals surface area contributed by atoms with Crippen LogP contribution in [0.2, 0.25) is 0 Å². The third-order valence-electron chi connectivity index (χ3n) is 4.61. The van der Waals surface area contributed by atoms with Crippen molar-refractivity contribution in [2.75, 3.05) is 25.1 Å². The maximum Gasteiger partial charge on any atom is 0.347 e. The van der Waals surface area contributed by atoms with Crippen LogP contribution in [-0.4, -0.2) is 48.1 Å². The van der Waals surface area contributed by atoms with Crippen molar-refractivity contribution in [3.63, 3.8) is 0 Å². The standard InChI is InChI=1S/C22H19N3O5/c26-18-13-29-21(23-16-9-5-2-6-10-16)20(18)22(28)30-14-19(27)25-12-11-17(24-25)15-7-3-1-4-8-15/h1-10,23H,11-14H2. The quantitative estimate of drug-likeness (QED) is 0.584. The summed E-state index contributed by atoms with van der Waals surface area (Å²) in [6.45, 7) is -0.365. The molecule has 1 N–H and O–H groups in total. The van der Waals surface area contributed by atoms with Crippen LogP contribution in [0.5, 0.6) is 0 Å². The van der Waals surface area contributed by atoms with E-state index in [1.165, 1.54) is 5.01 Å². The van der Waals surface area contributed by atoms with E-state index >= 15 is 0 Å². The van der Waals surface area contributed by atoms with E-state index in [9.17, 15) is 14.4 Å². The Bertz CT molecular complexity index is 1030. The number of Topliss-reactive ketones (excluding diaryl/α,β-unsaturated/α-hetero) is 1. The number of nitrogens with zero attached hydrogens (tertiary/aromatic N) is 2. The van der Waals surface area contributed by atoms with Gasteiger partial charge in [0.1, 0.15) is 0 Å². The van der Waals surface area contributed by atoms with Crippen molar-refractivity contribution < 1.29 is 23.9 Å². The van der Waals surface area contributed by atoms with Crippen LogP contribution in [0.15, 0.2) is 77.2 Å². The van der Waals surface area contributed by atoms with Gasteiger partial charge in [-0.05, 0) is 17.7 Å². The van der Waals surface area contributed by atoms with Crippen LogP contribution < -0.4 is 5.32 Å². The minimum absolute atomic E-state index is 0.0224. The first-order valence-electron chi connectivity index (χ1n) is 9.44. The van der Waals surface area contributed by atoms with Gasteiger partial charge in [-0.3, -0.25) is 9.59 Å². The lowest BCUT2D eigenvalue weighted by Crippen LogP contribution is -2.29. The summed E-state index contributed by atoms with van der Waals surface area (Å²) in [6, 6.07) is 18.5. The van der Waals surface area contributed by atoms with Crippen molar-refractivity contribution >= 4 is 29.1 Å². The molecule has 0 fully saturated rings. The third-order valence-corrected chi connectivity index (χ3v) is 4.61. The van der Waals surface area contributed by atoms with E-state index < -0.39 is 24.3 Å². The highest BCUT2D eigenvalue weighted by Gasteiger charge is 2.33. The average molecular weight is 405 g/mol. The summed E-state index contributed by atoms with van der Waals surface area (Å²) in [5, 5.41) is 8.48. The molecule has 0 saturated carbocycles. The second-order valence-corrected chi connectivity index (χ2v) is 6.66. The highest BCUT2D eigenvalue weighted by molar-refractivity contribution is 6.20. The lowest BCUT2D eigenvalue weighted by atomic mass is 10.1. The Morgan fingerprint density at radius 2 is 1.77 bits per heavy atom. The maximum absolute atomic E-state index is 12.4. The van der Waals surface area contributed by atoms with Crippen LogP contribution >= 0.6 is 0 Å². The molecule has 0 spiro atoms. The van der Waals surface area contributed by atoms with Crippen molar-refractivity contribution in [1.82, 2.24) is 5.01 Å². The second kappa shape index (κ2) is 8.60. The van der Waals surface area contributed by atoms with Gasteiger partial charge in [-0.2, -0.15) is 5.10 Å². The molecule has 0 aromatic heterocycles. The zero-order valence-corrected chi connectivity index (χ0v) is 16.0. The molecule has 8 heteroatoms. The van der Waals surface area contributed by atoms with Gasteiger partial charge in [0, 0.05) is 12.1 Å². The van der Waals surface area contributed by atoms with Crippen molar-refractivity contribution in [2.45, 2.75) is 6.42 Å². The highest BCUT2D eigenvalue weighted by atomic mass is 16.5. The first kappa shape index (κ1) is 19.4. The Morgan fingerprint density at radius 1 is 1.07 bits per heavy atom. The Kier molecular flexibility index (Phi) is 5.56. The second-order valence-electron chi connectivity index (χ2n) is 6.66.